The molecule has 0 fully saturated rings. The molecule has 1 N–H and O–H groups in total. The molecule has 0 saturated heterocycles. The SMILES string of the molecule is CC1=CCC(CC(=O)O)C1. The van der Waals surface area contributed by atoms with Gasteiger partial charge in [-0.1, -0.05) is 11.6 Å². The van der Waals surface area contributed by atoms with Gasteiger partial charge in [0.1, 0.15) is 0 Å². The van der Waals surface area contributed by atoms with Crippen LogP contribution in [0.15, 0.2) is 11.6 Å². The summed E-state index contributed by atoms with van der Waals surface area (Å²) in [6, 6.07) is 0. The molecule has 0 heterocycles. The third kappa shape index (κ3) is 1.87. The van der Waals surface area contributed by atoms with Gasteiger partial charge in [-0.15, -0.1) is 0 Å². The number of rotatable bonds is 2. The largest absolute Gasteiger partial charge is 0.481 e. The lowest BCUT2D eigenvalue weighted by atomic mass is 10.0. The van der Waals surface area contributed by atoms with Crippen LogP contribution in [0, 0.1) is 5.92 Å². The lowest BCUT2D eigenvalue weighted by Crippen LogP contribution is -2.03. The Labute approximate surface area is 60.6 Å². The molecular weight excluding hydrogens is 128 g/mol. The van der Waals surface area contributed by atoms with Crippen molar-refractivity contribution in [2.75, 3.05) is 0 Å². The first-order valence-electron chi connectivity index (χ1n) is 3.56. The number of carboxylic acid groups (broad SMARTS) is 1. The molecule has 10 heavy (non-hydrogen) atoms. The van der Waals surface area contributed by atoms with E-state index in [1.807, 2.05) is 0 Å². The predicted molar refractivity (Wildman–Crippen MR) is 38.7 cm³/mol. The van der Waals surface area contributed by atoms with E-state index in [-0.39, 0.29) is 0 Å². The molecule has 1 rings (SSSR count). The smallest absolute Gasteiger partial charge is 0.303 e. The van der Waals surface area contributed by atoms with Crippen LogP contribution in [0.1, 0.15) is 26.2 Å². The molecule has 1 unspecified atom stereocenters. The fourth-order valence-electron chi connectivity index (χ4n) is 1.39. The van der Waals surface area contributed by atoms with Crippen molar-refractivity contribution in [1.82, 2.24) is 0 Å². The van der Waals surface area contributed by atoms with Crippen molar-refractivity contribution < 1.29 is 9.90 Å². The molecule has 1 aliphatic carbocycles. The lowest BCUT2D eigenvalue weighted by Gasteiger charge is -2.03. The van der Waals surface area contributed by atoms with Crippen LogP contribution >= 0.6 is 0 Å². The quantitative estimate of drug-likeness (QED) is 0.594. The first kappa shape index (κ1) is 7.32. The molecule has 1 aliphatic rings. The first-order valence-corrected chi connectivity index (χ1v) is 3.56. The van der Waals surface area contributed by atoms with Gasteiger partial charge in [0.05, 0.1) is 0 Å². The summed E-state index contributed by atoms with van der Waals surface area (Å²) in [6.07, 6.45) is 4.39. The van der Waals surface area contributed by atoms with E-state index >= 15 is 0 Å². The highest BCUT2D eigenvalue weighted by Gasteiger charge is 2.16. The van der Waals surface area contributed by atoms with Gasteiger partial charge in [0.25, 0.3) is 0 Å². The molecular formula is C8H12O2. The van der Waals surface area contributed by atoms with Crippen molar-refractivity contribution in [3.8, 4) is 0 Å². The van der Waals surface area contributed by atoms with E-state index in [1.165, 1.54) is 5.57 Å². The minimum absolute atomic E-state index is 0.327. The molecule has 1 atom stereocenters. The monoisotopic (exact) mass is 140 g/mol. The second-order valence-corrected chi connectivity index (χ2v) is 2.95. The van der Waals surface area contributed by atoms with Crippen LogP contribution in [0.25, 0.3) is 0 Å². The summed E-state index contributed by atoms with van der Waals surface area (Å²) in [6.45, 7) is 2.06. The number of aliphatic carboxylic acids is 1. The Hall–Kier alpha value is -0.790. The summed E-state index contributed by atoms with van der Waals surface area (Å²) in [7, 11) is 0. The van der Waals surface area contributed by atoms with E-state index < -0.39 is 5.97 Å². The summed E-state index contributed by atoms with van der Waals surface area (Å²) in [5, 5.41) is 8.44. The fourth-order valence-corrected chi connectivity index (χ4v) is 1.39. The number of carbonyl (C=O) groups is 1. The van der Waals surface area contributed by atoms with Crippen LogP contribution in [-0.2, 0) is 4.79 Å². The van der Waals surface area contributed by atoms with Crippen molar-refractivity contribution in [1.29, 1.82) is 0 Å². The number of hydrogen-bond donors (Lipinski definition) is 1. The zero-order valence-corrected chi connectivity index (χ0v) is 6.13. The van der Waals surface area contributed by atoms with Gasteiger partial charge in [0, 0.05) is 6.42 Å². The molecule has 0 saturated carbocycles. The van der Waals surface area contributed by atoms with Crippen molar-refractivity contribution in [3.63, 3.8) is 0 Å². The van der Waals surface area contributed by atoms with Crippen molar-refractivity contribution in [3.05, 3.63) is 11.6 Å². The molecule has 0 aromatic heterocycles. The summed E-state index contributed by atoms with van der Waals surface area (Å²) in [5.41, 5.74) is 1.34. The van der Waals surface area contributed by atoms with Gasteiger partial charge in [-0.2, -0.15) is 0 Å². The predicted octanol–water partition coefficient (Wildman–Crippen LogP) is 1.82. The Balaban J connectivity index is 2.29. The van der Waals surface area contributed by atoms with Gasteiger partial charge in [0.15, 0.2) is 0 Å². The Kier molecular flexibility index (Phi) is 2.10. The Morgan fingerprint density at radius 1 is 1.90 bits per heavy atom. The van der Waals surface area contributed by atoms with E-state index in [4.69, 9.17) is 5.11 Å². The van der Waals surface area contributed by atoms with Crippen LogP contribution < -0.4 is 0 Å². The highest BCUT2D eigenvalue weighted by molar-refractivity contribution is 5.67. The van der Waals surface area contributed by atoms with Crippen LogP contribution in [-0.4, -0.2) is 11.1 Å². The molecule has 0 amide bonds. The molecule has 2 heteroatoms. The maximum atomic E-state index is 10.2. The molecule has 0 radical (unpaired) electrons. The average molecular weight is 140 g/mol. The van der Waals surface area contributed by atoms with Crippen molar-refractivity contribution >= 4 is 5.97 Å². The maximum Gasteiger partial charge on any atom is 0.303 e. The van der Waals surface area contributed by atoms with Crippen molar-refractivity contribution in [2.24, 2.45) is 5.92 Å². The van der Waals surface area contributed by atoms with Gasteiger partial charge < -0.3 is 5.11 Å². The zero-order chi connectivity index (χ0) is 7.56. The van der Waals surface area contributed by atoms with Crippen LogP contribution in [0.2, 0.25) is 0 Å². The van der Waals surface area contributed by atoms with E-state index in [0.29, 0.717) is 12.3 Å². The van der Waals surface area contributed by atoms with E-state index in [0.717, 1.165) is 12.8 Å². The number of carboxylic acids is 1. The molecule has 0 aromatic carbocycles. The molecule has 0 aliphatic heterocycles. The second-order valence-electron chi connectivity index (χ2n) is 2.95. The second kappa shape index (κ2) is 2.86. The number of allylic oxidation sites excluding steroid dienone is 2. The van der Waals surface area contributed by atoms with Gasteiger partial charge in [-0.3, -0.25) is 4.79 Å². The Morgan fingerprint density at radius 2 is 2.60 bits per heavy atom. The number of hydrogen-bond acceptors (Lipinski definition) is 1. The Morgan fingerprint density at radius 3 is 3.00 bits per heavy atom. The topological polar surface area (TPSA) is 37.3 Å². The van der Waals surface area contributed by atoms with Gasteiger partial charge in [-0.25, -0.2) is 0 Å². The molecule has 2 nitrogen and oxygen atoms in total. The summed E-state index contributed by atoms with van der Waals surface area (Å²) in [4.78, 5) is 10.2. The molecule has 0 bridgehead atoms. The Bertz CT molecular complexity index is 170. The van der Waals surface area contributed by atoms with Crippen LogP contribution in [0.3, 0.4) is 0 Å². The fraction of sp³-hybridized carbons (Fsp3) is 0.625. The van der Waals surface area contributed by atoms with Crippen LogP contribution in [0.4, 0.5) is 0 Å². The summed E-state index contributed by atoms with van der Waals surface area (Å²) in [5.74, 6) is -0.300. The minimum atomic E-state index is -0.673. The average Bonchev–Trinajstić information content (AvgIpc) is 2.13. The molecule has 56 valence electrons. The van der Waals surface area contributed by atoms with Crippen LogP contribution in [0.5, 0.6) is 0 Å². The van der Waals surface area contributed by atoms with Gasteiger partial charge >= 0.3 is 5.97 Å². The molecule has 0 aromatic rings. The third-order valence-corrected chi connectivity index (χ3v) is 1.87. The summed E-state index contributed by atoms with van der Waals surface area (Å²) >= 11 is 0. The van der Waals surface area contributed by atoms with E-state index in [9.17, 15) is 4.79 Å². The highest BCUT2D eigenvalue weighted by Crippen LogP contribution is 2.26. The summed E-state index contributed by atoms with van der Waals surface area (Å²) < 4.78 is 0. The van der Waals surface area contributed by atoms with E-state index in [2.05, 4.69) is 13.0 Å². The lowest BCUT2D eigenvalue weighted by molar-refractivity contribution is -0.138. The van der Waals surface area contributed by atoms with Gasteiger partial charge in [-0.05, 0) is 25.7 Å². The normalized spacial score (nSPS) is 24.5. The zero-order valence-electron chi connectivity index (χ0n) is 6.13. The highest BCUT2D eigenvalue weighted by atomic mass is 16.4. The standard InChI is InChI=1S/C8H12O2/c1-6-2-3-7(4-6)5-8(9)10/h2,7H,3-5H2,1H3,(H,9,10). The minimum Gasteiger partial charge on any atom is -0.481 e. The van der Waals surface area contributed by atoms with Crippen molar-refractivity contribution in [2.45, 2.75) is 26.2 Å². The van der Waals surface area contributed by atoms with E-state index in [1.54, 1.807) is 0 Å². The van der Waals surface area contributed by atoms with Gasteiger partial charge in [0.2, 0.25) is 0 Å². The maximum absolute atomic E-state index is 10.2. The third-order valence-electron chi connectivity index (χ3n) is 1.87. The molecule has 0 spiro atoms. The first-order chi connectivity index (χ1) is 4.68.